The molecular formula is C19H29IO2. The van der Waals surface area contributed by atoms with Crippen molar-refractivity contribution < 1.29 is 9.53 Å². The lowest BCUT2D eigenvalue weighted by Crippen LogP contribution is -2.53. The molecule has 0 heterocycles. The Kier molecular flexibility index (Phi) is 4.19. The second kappa shape index (κ2) is 5.49. The van der Waals surface area contributed by atoms with Crippen LogP contribution in [0.15, 0.2) is 11.6 Å². The first-order valence-electron chi connectivity index (χ1n) is 8.71. The summed E-state index contributed by atoms with van der Waals surface area (Å²) in [6.45, 7) is 6.98. The predicted octanol–water partition coefficient (Wildman–Crippen LogP) is 5.30. The standard InChI is InChI=1S/C19H29IO2/c1-17(20)11-8-14-13(12-17)6-7-15-18(14,2)9-5-10-19(15,3)16(21)22-4/h8,13,15H,5-7,9-12H2,1-4H3/t13-,15-,17-,18-,19+/m0/s1. The summed E-state index contributed by atoms with van der Waals surface area (Å²) < 4.78 is 5.61. The van der Waals surface area contributed by atoms with Crippen LogP contribution in [0, 0.1) is 22.7 Å². The number of carbonyl (C=O) groups is 1. The minimum absolute atomic E-state index is 0.0111. The van der Waals surface area contributed by atoms with E-state index in [0.717, 1.165) is 18.8 Å². The Bertz CT molecular complexity index is 510. The van der Waals surface area contributed by atoms with Crippen LogP contribution in [0.5, 0.6) is 0 Å². The quantitative estimate of drug-likeness (QED) is 0.251. The van der Waals surface area contributed by atoms with Gasteiger partial charge in [-0.25, -0.2) is 0 Å². The van der Waals surface area contributed by atoms with Crippen LogP contribution >= 0.6 is 22.6 Å². The maximum Gasteiger partial charge on any atom is 0.311 e. The molecule has 2 nitrogen and oxygen atoms in total. The normalized spacial score (nSPS) is 48.0. The van der Waals surface area contributed by atoms with Crippen molar-refractivity contribution in [3.63, 3.8) is 0 Å². The molecule has 3 rings (SSSR count). The van der Waals surface area contributed by atoms with Crippen molar-refractivity contribution >= 4 is 28.6 Å². The van der Waals surface area contributed by atoms with E-state index in [1.54, 1.807) is 12.7 Å². The highest BCUT2D eigenvalue weighted by Gasteiger charge is 2.58. The maximum atomic E-state index is 12.5. The zero-order valence-corrected chi connectivity index (χ0v) is 16.5. The summed E-state index contributed by atoms with van der Waals surface area (Å²) in [4.78, 5) is 12.5. The Hall–Kier alpha value is -0.0600. The molecule has 0 N–H and O–H groups in total. The number of rotatable bonds is 1. The zero-order valence-electron chi connectivity index (χ0n) is 14.4. The molecule has 0 aliphatic heterocycles. The third-order valence-electron chi connectivity index (χ3n) is 6.90. The highest BCUT2D eigenvalue weighted by molar-refractivity contribution is 14.1. The Balaban J connectivity index is 1.98. The lowest BCUT2D eigenvalue weighted by Gasteiger charge is -2.58. The van der Waals surface area contributed by atoms with Crippen molar-refractivity contribution in [1.82, 2.24) is 0 Å². The fourth-order valence-corrected chi connectivity index (χ4v) is 6.61. The summed E-state index contributed by atoms with van der Waals surface area (Å²) in [7, 11) is 1.55. The summed E-state index contributed by atoms with van der Waals surface area (Å²) in [5, 5.41) is 0. The van der Waals surface area contributed by atoms with E-state index in [9.17, 15) is 4.79 Å². The molecule has 2 saturated carbocycles. The zero-order chi connectivity index (χ0) is 16.2. The van der Waals surface area contributed by atoms with Gasteiger partial charge in [0.2, 0.25) is 0 Å². The number of allylic oxidation sites excluding steroid dienone is 2. The van der Waals surface area contributed by atoms with Crippen molar-refractivity contribution in [3.05, 3.63) is 11.6 Å². The van der Waals surface area contributed by atoms with Crippen LogP contribution in [-0.2, 0) is 9.53 Å². The van der Waals surface area contributed by atoms with Crippen LogP contribution in [0.25, 0.3) is 0 Å². The maximum absolute atomic E-state index is 12.5. The highest BCUT2D eigenvalue weighted by Crippen LogP contribution is 2.63. The van der Waals surface area contributed by atoms with E-state index in [2.05, 4.69) is 49.4 Å². The number of esters is 1. The van der Waals surface area contributed by atoms with Crippen LogP contribution in [0.3, 0.4) is 0 Å². The summed E-state index contributed by atoms with van der Waals surface area (Å²) >= 11 is 2.64. The summed E-state index contributed by atoms with van der Waals surface area (Å²) in [6.07, 6.45) is 10.8. The Morgan fingerprint density at radius 1 is 1.27 bits per heavy atom. The van der Waals surface area contributed by atoms with E-state index < -0.39 is 0 Å². The molecular weight excluding hydrogens is 387 g/mol. The van der Waals surface area contributed by atoms with Gasteiger partial charge in [-0.05, 0) is 62.7 Å². The summed E-state index contributed by atoms with van der Waals surface area (Å²) in [5.74, 6) is 1.19. The number of hydrogen-bond acceptors (Lipinski definition) is 2. The number of carbonyl (C=O) groups excluding carboxylic acids is 1. The molecule has 0 aromatic rings. The van der Waals surface area contributed by atoms with Crippen molar-refractivity contribution in [2.75, 3.05) is 7.11 Å². The van der Waals surface area contributed by atoms with Gasteiger partial charge >= 0.3 is 5.97 Å². The third kappa shape index (κ3) is 2.46. The Morgan fingerprint density at radius 2 is 2.00 bits per heavy atom. The van der Waals surface area contributed by atoms with Crippen molar-refractivity contribution in [2.45, 2.75) is 69.1 Å². The van der Waals surface area contributed by atoms with E-state index >= 15 is 0 Å². The Labute approximate surface area is 148 Å². The number of methoxy groups -OCH3 is 1. The van der Waals surface area contributed by atoms with E-state index in [-0.39, 0.29) is 16.8 Å². The van der Waals surface area contributed by atoms with Gasteiger partial charge in [-0.15, -0.1) is 0 Å². The van der Waals surface area contributed by atoms with Gasteiger partial charge in [0, 0.05) is 3.42 Å². The minimum atomic E-state index is -0.293. The Morgan fingerprint density at radius 3 is 2.68 bits per heavy atom. The largest absolute Gasteiger partial charge is 0.469 e. The molecule has 0 bridgehead atoms. The lowest BCUT2D eigenvalue weighted by atomic mass is 9.47. The first kappa shape index (κ1) is 16.8. The van der Waals surface area contributed by atoms with E-state index in [0.29, 0.717) is 9.34 Å². The number of alkyl halides is 1. The topological polar surface area (TPSA) is 26.3 Å². The molecule has 2 fully saturated rings. The van der Waals surface area contributed by atoms with Gasteiger partial charge in [0.25, 0.3) is 0 Å². The van der Waals surface area contributed by atoms with Crippen LogP contribution < -0.4 is 0 Å². The molecule has 3 heteroatoms. The van der Waals surface area contributed by atoms with Gasteiger partial charge in [-0.2, -0.15) is 0 Å². The molecule has 5 atom stereocenters. The first-order valence-corrected chi connectivity index (χ1v) is 9.79. The highest BCUT2D eigenvalue weighted by atomic mass is 127. The second-order valence-corrected chi connectivity index (χ2v) is 11.1. The van der Waals surface area contributed by atoms with Crippen LogP contribution in [0.2, 0.25) is 0 Å². The average Bonchev–Trinajstić information content (AvgIpc) is 2.44. The summed E-state index contributed by atoms with van der Waals surface area (Å²) in [5.41, 5.74) is 1.59. The average molecular weight is 416 g/mol. The van der Waals surface area contributed by atoms with E-state index in [1.807, 2.05) is 0 Å². The van der Waals surface area contributed by atoms with Crippen molar-refractivity contribution in [1.29, 1.82) is 0 Å². The van der Waals surface area contributed by atoms with Crippen LogP contribution in [0.1, 0.15) is 65.7 Å². The molecule has 0 amide bonds. The molecule has 0 spiro atoms. The molecule has 3 aliphatic carbocycles. The number of halogens is 1. The van der Waals surface area contributed by atoms with Gasteiger partial charge in [-0.3, -0.25) is 4.79 Å². The molecule has 3 aliphatic rings. The molecule has 0 radical (unpaired) electrons. The first-order chi connectivity index (χ1) is 10.2. The molecule has 0 saturated heterocycles. The van der Waals surface area contributed by atoms with Gasteiger partial charge in [-0.1, -0.05) is 54.5 Å². The smallest absolute Gasteiger partial charge is 0.311 e. The number of ether oxygens (including phenoxy) is 1. The second-order valence-electron chi connectivity index (χ2n) is 8.49. The fourth-order valence-electron chi connectivity index (χ4n) is 5.86. The fraction of sp³-hybridized carbons (Fsp3) is 0.842. The van der Waals surface area contributed by atoms with Gasteiger partial charge in [0.1, 0.15) is 0 Å². The van der Waals surface area contributed by atoms with E-state index in [1.165, 1.54) is 32.1 Å². The predicted molar refractivity (Wildman–Crippen MR) is 98.0 cm³/mol. The van der Waals surface area contributed by atoms with E-state index in [4.69, 9.17) is 4.74 Å². The molecule has 0 aromatic carbocycles. The van der Waals surface area contributed by atoms with Crippen molar-refractivity contribution in [3.8, 4) is 0 Å². The lowest BCUT2D eigenvalue weighted by molar-refractivity contribution is -0.164. The molecule has 0 unspecified atom stereocenters. The van der Waals surface area contributed by atoms with Crippen molar-refractivity contribution in [2.24, 2.45) is 22.7 Å². The monoisotopic (exact) mass is 416 g/mol. The van der Waals surface area contributed by atoms with Gasteiger partial charge in [0.05, 0.1) is 12.5 Å². The third-order valence-corrected chi connectivity index (χ3v) is 7.79. The van der Waals surface area contributed by atoms with Crippen LogP contribution in [-0.4, -0.2) is 16.5 Å². The molecule has 22 heavy (non-hydrogen) atoms. The minimum Gasteiger partial charge on any atom is -0.469 e. The van der Waals surface area contributed by atoms with Crippen LogP contribution in [0.4, 0.5) is 0 Å². The number of hydrogen-bond donors (Lipinski definition) is 0. The SMILES string of the molecule is COC(=O)[C@]1(C)CCC[C@@]2(C)C3=CC[C@](C)(I)C[C@@H]3CC[C@H]12. The van der Waals surface area contributed by atoms with Gasteiger partial charge in [0.15, 0.2) is 0 Å². The molecule has 0 aromatic heterocycles. The summed E-state index contributed by atoms with van der Waals surface area (Å²) in [6, 6.07) is 0. The number of fused-ring (bicyclic) bond motifs is 3. The van der Waals surface area contributed by atoms with Gasteiger partial charge < -0.3 is 4.74 Å². The molecule has 124 valence electrons.